The van der Waals surface area contributed by atoms with Crippen LogP contribution in [-0.2, 0) is 0 Å². The summed E-state index contributed by atoms with van der Waals surface area (Å²) in [4.78, 5) is 5.55. The lowest BCUT2D eigenvalue weighted by molar-refractivity contribution is -0.0409. The molecule has 1 aromatic heterocycles. The standard InChI is InChI=1S/C26H30N2S/c1-2-28(24-14-9-19-29-24)26(20-21-15-17-27(26)18-16-21)25(22-10-5-3-6-11-22)23-12-7-4-8-13-23/h3-14,19,21,25H,2,15-18,20H2,1H3/t26-/m1/s1. The number of piperidine rings is 3. The second-order valence-electron chi connectivity index (χ2n) is 8.46. The Labute approximate surface area is 178 Å². The van der Waals surface area contributed by atoms with E-state index in [0.29, 0.717) is 5.92 Å². The highest BCUT2D eigenvalue weighted by molar-refractivity contribution is 7.14. The molecule has 3 saturated heterocycles. The van der Waals surface area contributed by atoms with E-state index in [1.54, 1.807) is 0 Å². The van der Waals surface area contributed by atoms with Crippen molar-refractivity contribution in [2.45, 2.75) is 37.8 Å². The first-order valence-corrected chi connectivity index (χ1v) is 11.9. The number of anilines is 1. The summed E-state index contributed by atoms with van der Waals surface area (Å²) >= 11 is 1.88. The highest BCUT2D eigenvalue weighted by Gasteiger charge is 2.55. The summed E-state index contributed by atoms with van der Waals surface area (Å²) in [6, 6.07) is 27.0. The van der Waals surface area contributed by atoms with Crippen LogP contribution in [0.3, 0.4) is 0 Å². The van der Waals surface area contributed by atoms with Crippen LogP contribution in [0.5, 0.6) is 0 Å². The van der Waals surface area contributed by atoms with Gasteiger partial charge in [-0.25, -0.2) is 0 Å². The number of fused-ring (bicyclic) bond motifs is 3. The number of thiophene rings is 1. The fourth-order valence-corrected chi connectivity index (χ4v) is 6.74. The minimum atomic E-state index is -0.0104. The lowest BCUT2D eigenvalue weighted by Gasteiger charge is -2.62. The zero-order valence-electron chi connectivity index (χ0n) is 17.2. The fourth-order valence-electron chi connectivity index (χ4n) is 5.88. The van der Waals surface area contributed by atoms with Gasteiger partial charge in [-0.1, -0.05) is 60.7 Å². The summed E-state index contributed by atoms with van der Waals surface area (Å²) in [6.45, 7) is 5.78. The number of rotatable bonds is 6. The van der Waals surface area contributed by atoms with E-state index in [9.17, 15) is 0 Å². The Bertz CT molecular complexity index is 861. The van der Waals surface area contributed by atoms with E-state index in [0.717, 1.165) is 12.5 Å². The molecule has 0 spiro atoms. The SMILES string of the molecule is CCN(c1cccs1)[C@@]1(C(c2ccccc2)c2ccccc2)CC2CCN1CC2. The van der Waals surface area contributed by atoms with Gasteiger partial charge < -0.3 is 4.90 Å². The molecule has 2 bridgehead atoms. The van der Waals surface area contributed by atoms with Gasteiger partial charge in [-0.2, -0.15) is 0 Å². The molecule has 2 aromatic carbocycles. The van der Waals surface area contributed by atoms with Crippen LogP contribution in [0.25, 0.3) is 0 Å². The van der Waals surface area contributed by atoms with Crippen molar-refractivity contribution in [3.8, 4) is 0 Å². The number of benzene rings is 2. The maximum atomic E-state index is 2.82. The first kappa shape index (κ1) is 18.9. The first-order valence-electron chi connectivity index (χ1n) is 11.0. The van der Waals surface area contributed by atoms with Gasteiger partial charge in [0, 0.05) is 25.6 Å². The van der Waals surface area contributed by atoms with E-state index in [2.05, 4.69) is 94.9 Å². The van der Waals surface area contributed by atoms with Crippen molar-refractivity contribution < 1.29 is 0 Å². The monoisotopic (exact) mass is 402 g/mol. The molecule has 3 aliphatic heterocycles. The third-order valence-electron chi connectivity index (χ3n) is 7.04. The topological polar surface area (TPSA) is 6.48 Å². The number of hydrogen-bond donors (Lipinski definition) is 0. The molecule has 150 valence electrons. The lowest BCUT2D eigenvalue weighted by Crippen LogP contribution is -2.70. The van der Waals surface area contributed by atoms with Crippen molar-refractivity contribution in [3.63, 3.8) is 0 Å². The Hall–Kier alpha value is -2.10. The molecular weight excluding hydrogens is 372 g/mol. The average Bonchev–Trinajstić information content (AvgIpc) is 3.31. The van der Waals surface area contributed by atoms with Crippen LogP contribution in [0.1, 0.15) is 43.2 Å². The van der Waals surface area contributed by atoms with Crippen LogP contribution in [-0.4, -0.2) is 30.2 Å². The smallest absolute Gasteiger partial charge is 0.105 e. The molecule has 3 aromatic rings. The summed E-state index contributed by atoms with van der Waals surface area (Å²) in [5.41, 5.74) is 2.85. The maximum absolute atomic E-state index is 2.82. The molecule has 0 saturated carbocycles. The fraction of sp³-hybridized carbons (Fsp3) is 0.385. The van der Waals surface area contributed by atoms with Crippen LogP contribution < -0.4 is 4.90 Å². The zero-order valence-corrected chi connectivity index (χ0v) is 18.0. The summed E-state index contributed by atoms with van der Waals surface area (Å²) in [6.07, 6.45) is 3.94. The van der Waals surface area contributed by atoms with Gasteiger partial charge in [0.1, 0.15) is 5.66 Å². The van der Waals surface area contributed by atoms with Crippen molar-refractivity contribution in [2.24, 2.45) is 5.92 Å². The Morgan fingerprint density at radius 1 is 0.931 bits per heavy atom. The molecule has 4 heterocycles. The quantitative estimate of drug-likeness (QED) is 0.483. The molecule has 3 heteroatoms. The minimum absolute atomic E-state index is 0.0104. The summed E-state index contributed by atoms with van der Waals surface area (Å²) in [5, 5.41) is 3.62. The average molecular weight is 403 g/mol. The van der Waals surface area contributed by atoms with Crippen molar-refractivity contribution in [1.29, 1.82) is 0 Å². The molecule has 0 radical (unpaired) electrons. The van der Waals surface area contributed by atoms with Crippen LogP contribution in [0.4, 0.5) is 5.00 Å². The van der Waals surface area contributed by atoms with E-state index in [-0.39, 0.29) is 5.66 Å². The molecule has 3 fully saturated rings. The molecule has 0 aliphatic carbocycles. The van der Waals surface area contributed by atoms with Crippen molar-refractivity contribution in [3.05, 3.63) is 89.3 Å². The predicted molar refractivity (Wildman–Crippen MR) is 124 cm³/mol. The van der Waals surface area contributed by atoms with Gasteiger partial charge in [-0.15, -0.1) is 11.3 Å². The largest absolute Gasteiger partial charge is 0.344 e. The molecule has 1 atom stereocenters. The van der Waals surface area contributed by atoms with Crippen LogP contribution in [0, 0.1) is 5.92 Å². The van der Waals surface area contributed by atoms with Crippen LogP contribution in [0.15, 0.2) is 78.2 Å². The van der Waals surface area contributed by atoms with Gasteiger partial charge in [0.05, 0.1) is 5.00 Å². The molecule has 0 N–H and O–H groups in total. The van der Waals surface area contributed by atoms with Gasteiger partial charge in [0.2, 0.25) is 0 Å². The Morgan fingerprint density at radius 2 is 1.55 bits per heavy atom. The number of hydrogen-bond acceptors (Lipinski definition) is 3. The second-order valence-corrected chi connectivity index (χ2v) is 9.39. The van der Waals surface area contributed by atoms with Crippen LogP contribution in [0.2, 0.25) is 0 Å². The van der Waals surface area contributed by atoms with Crippen molar-refractivity contribution >= 4 is 16.3 Å². The molecular formula is C26H30N2S. The van der Waals surface area contributed by atoms with E-state index < -0.39 is 0 Å². The van der Waals surface area contributed by atoms with E-state index >= 15 is 0 Å². The Morgan fingerprint density at radius 3 is 2.00 bits per heavy atom. The molecule has 0 unspecified atom stereocenters. The van der Waals surface area contributed by atoms with Gasteiger partial charge in [0.15, 0.2) is 0 Å². The third-order valence-corrected chi connectivity index (χ3v) is 7.93. The molecule has 6 rings (SSSR count). The summed E-state index contributed by atoms with van der Waals surface area (Å²) in [7, 11) is 0. The van der Waals surface area contributed by atoms with E-state index in [1.807, 2.05) is 11.3 Å². The summed E-state index contributed by atoms with van der Waals surface area (Å²) < 4.78 is 0. The van der Waals surface area contributed by atoms with Crippen LogP contribution >= 0.6 is 11.3 Å². The minimum Gasteiger partial charge on any atom is -0.344 e. The summed E-state index contributed by atoms with van der Waals surface area (Å²) in [5.74, 6) is 1.15. The van der Waals surface area contributed by atoms with E-state index in [4.69, 9.17) is 0 Å². The zero-order chi connectivity index (χ0) is 19.7. The normalized spacial score (nSPS) is 26.0. The predicted octanol–water partition coefficient (Wildman–Crippen LogP) is 6.22. The highest BCUT2D eigenvalue weighted by atomic mass is 32.1. The maximum Gasteiger partial charge on any atom is 0.105 e. The first-order chi connectivity index (χ1) is 14.3. The highest BCUT2D eigenvalue weighted by Crippen LogP contribution is 2.52. The van der Waals surface area contributed by atoms with Crippen molar-refractivity contribution in [2.75, 3.05) is 24.5 Å². The lowest BCUT2D eigenvalue weighted by atomic mass is 9.68. The number of likely N-dealkylation sites (N-methyl/N-ethyl adjacent to an activating group) is 1. The van der Waals surface area contributed by atoms with Gasteiger partial charge in [0.25, 0.3) is 0 Å². The van der Waals surface area contributed by atoms with Gasteiger partial charge >= 0.3 is 0 Å². The Kier molecular flexibility index (Phi) is 5.19. The number of nitrogens with zero attached hydrogens (tertiary/aromatic N) is 2. The molecule has 29 heavy (non-hydrogen) atoms. The molecule has 2 nitrogen and oxygen atoms in total. The third kappa shape index (κ3) is 3.21. The van der Waals surface area contributed by atoms with E-state index in [1.165, 1.54) is 48.5 Å². The van der Waals surface area contributed by atoms with Crippen molar-refractivity contribution in [1.82, 2.24) is 4.90 Å². The molecule has 0 amide bonds. The molecule has 3 aliphatic rings. The van der Waals surface area contributed by atoms with Gasteiger partial charge in [-0.05, 0) is 60.7 Å². The second kappa shape index (κ2) is 7.97. The van der Waals surface area contributed by atoms with Gasteiger partial charge in [-0.3, -0.25) is 4.90 Å². The Balaban J connectivity index is 1.74.